The van der Waals surface area contributed by atoms with Crippen molar-refractivity contribution in [1.82, 2.24) is 24.6 Å². The molecule has 8 rings (SSSR count). The number of rotatable bonds is 8. The van der Waals surface area contributed by atoms with Gasteiger partial charge in [-0.05, 0) is 62.9 Å². The monoisotopic (exact) mass is 604 g/mol. The molecule has 42 heavy (non-hydrogen) atoms. The van der Waals surface area contributed by atoms with E-state index in [2.05, 4.69) is 26.8 Å². The van der Waals surface area contributed by atoms with E-state index >= 15 is 0 Å². The average Bonchev–Trinajstić information content (AvgIpc) is 3.39. The fourth-order valence-electron chi connectivity index (χ4n) is 6.59. The van der Waals surface area contributed by atoms with E-state index in [-0.39, 0.29) is 12.3 Å². The quantitative estimate of drug-likeness (QED) is 0.194. The smallest absolute Gasteiger partial charge is 0.281 e. The van der Waals surface area contributed by atoms with Crippen LogP contribution in [0.15, 0.2) is 48.9 Å². The lowest BCUT2D eigenvalue weighted by Crippen LogP contribution is -2.70. The number of nitrogens with zero attached hydrogens (tertiary/aromatic N) is 6. The first-order valence-corrected chi connectivity index (χ1v) is 15.3. The Balaban J connectivity index is 1.20. The molecule has 4 aliphatic heterocycles. The summed E-state index contributed by atoms with van der Waals surface area (Å²) in [6.45, 7) is 4.42. The van der Waals surface area contributed by atoms with Crippen LogP contribution in [0.1, 0.15) is 50.5 Å². The van der Waals surface area contributed by atoms with E-state index in [0.29, 0.717) is 40.9 Å². The molecule has 0 amide bonds. The first kappa shape index (κ1) is 27.6. The number of anilines is 1. The topological polar surface area (TPSA) is 85.6 Å². The molecule has 9 nitrogen and oxygen atoms in total. The van der Waals surface area contributed by atoms with Crippen molar-refractivity contribution < 1.29 is 14.3 Å². The van der Waals surface area contributed by atoms with Gasteiger partial charge in [0.15, 0.2) is 6.23 Å². The molecule has 1 aromatic carbocycles. The number of carbonyl (C=O) groups excluding carboxylic acids is 1. The van der Waals surface area contributed by atoms with Gasteiger partial charge in [-0.15, -0.1) is 0 Å². The molecule has 12 heteroatoms. The summed E-state index contributed by atoms with van der Waals surface area (Å²) >= 11 is 12.8. The molecule has 4 fully saturated rings. The van der Waals surface area contributed by atoms with Crippen molar-refractivity contribution in [1.29, 1.82) is 0 Å². The van der Waals surface area contributed by atoms with E-state index in [4.69, 9.17) is 42.8 Å². The number of benzene rings is 1. The van der Waals surface area contributed by atoms with Crippen LogP contribution in [-0.2, 0) is 9.53 Å². The van der Waals surface area contributed by atoms with Gasteiger partial charge in [0.2, 0.25) is 0 Å². The van der Waals surface area contributed by atoms with Gasteiger partial charge in [-0.25, -0.2) is 9.67 Å². The molecule has 0 radical (unpaired) electrons. The Morgan fingerprint density at radius 3 is 2.60 bits per heavy atom. The average molecular weight is 605 g/mol. The van der Waals surface area contributed by atoms with Gasteiger partial charge in [0.05, 0.1) is 21.7 Å². The lowest BCUT2D eigenvalue weighted by Gasteiger charge is -2.56. The zero-order valence-corrected chi connectivity index (χ0v) is 24.8. The Bertz CT molecular complexity index is 1580. The highest BCUT2D eigenvalue weighted by molar-refractivity contribution is 6.64. The second-order valence-electron chi connectivity index (χ2n) is 11.3. The lowest BCUT2D eigenvalue weighted by atomic mass is 9.76. The Morgan fingerprint density at radius 1 is 1.10 bits per heavy atom. The summed E-state index contributed by atoms with van der Waals surface area (Å²) in [5.41, 5.74) is 3.43. The Hall–Kier alpha value is -3.18. The molecule has 4 aliphatic rings. The van der Waals surface area contributed by atoms with Crippen LogP contribution in [0.5, 0.6) is 5.75 Å². The Morgan fingerprint density at radius 2 is 1.90 bits per heavy atom. The van der Waals surface area contributed by atoms with Crippen molar-refractivity contribution in [3.63, 3.8) is 0 Å². The number of piperazine rings is 1. The first-order chi connectivity index (χ1) is 20.5. The zero-order chi connectivity index (χ0) is 28.8. The highest BCUT2D eigenvalue weighted by Crippen LogP contribution is 2.38. The van der Waals surface area contributed by atoms with Gasteiger partial charge in [0, 0.05) is 66.9 Å². The van der Waals surface area contributed by atoms with Crippen molar-refractivity contribution in [3.8, 4) is 17.0 Å². The number of hydrogen-bond acceptors (Lipinski definition) is 8. The van der Waals surface area contributed by atoms with E-state index in [1.54, 1.807) is 12.4 Å². The minimum atomic E-state index is -0.384. The maximum absolute atomic E-state index is 11.0. The van der Waals surface area contributed by atoms with E-state index in [0.717, 1.165) is 79.5 Å². The molecule has 0 spiro atoms. The first-order valence-electron chi connectivity index (χ1n) is 14.5. The highest BCUT2D eigenvalue weighted by Gasteiger charge is 2.44. The molecule has 0 aliphatic carbocycles. The number of hydrogen-bond donors (Lipinski definition) is 0. The molecular formula is C30H31BCl2N6O3. The van der Waals surface area contributed by atoms with Crippen LogP contribution in [0.25, 0.3) is 22.2 Å². The molecule has 0 saturated carbocycles. The van der Waals surface area contributed by atoms with E-state index < -0.39 is 0 Å². The third-order valence-electron chi connectivity index (χ3n) is 8.69. The number of piperidine rings is 1. The van der Waals surface area contributed by atoms with Crippen LogP contribution in [0.4, 0.5) is 5.82 Å². The number of pyridine rings is 2. The Labute approximate surface area is 255 Å². The molecule has 4 atom stereocenters. The minimum Gasteiger partial charge on any atom is -0.486 e. The number of ether oxygens (including phenoxy) is 2. The molecule has 3 unspecified atom stereocenters. The molecule has 4 aromatic rings. The zero-order valence-electron chi connectivity index (χ0n) is 23.3. The maximum atomic E-state index is 11.0. The van der Waals surface area contributed by atoms with Gasteiger partial charge in [0.25, 0.3) is 7.41 Å². The summed E-state index contributed by atoms with van der Waals surface area (Å²) in [4.78, 5) is 24.5. The van der Waals surface area contributed by atoms with Crippen molar-refractivity contribution in [2.45, 2.75) is 57.0 Å². The molecule has 2 bridgehead atoms. The van der Waals surface area contributed by atoms with Crippen molar-refractivity contribution in [2.75, 3.05) is 24.6 Å². The SMILES string of the molecule is C[C@@H](Oc1ccc2c(c1)c(-c1ccc(N3CC4CC(C3)N4BC=O)nc1)nn2C1CCCCO1)c1c(Cl)cncc1Cl. The summed E-state index contributed by atoms with van der Waals surface area (Å²) in [5.74, 6) is 1.63. The van der Waals surface area contributed by atoms with Crippen LogP contribution in [-0.4, -0.2) is 69.9 Å². The summed E-state index contributed by atoms with van der Waals surface area (Å²) in [7, 11) is 0.517. The van der Waals surface area contributed by atoms with E-state index in [9.17, 15) is 4.79 Å². The maximum Gasteiger partial charge on any atom is 0.281 e. The third-order valence-corrected chi connectivity index (χ3v) is 9.29. The van der Waals surface area contributed by atoms with Gasteiger partial charge in [-0.2, -0.15) is 5.10 Å². The number of fused-ring (bicyclic) bond motifs is 3. The molecule has 3 aromatic heterocycles. The van der Waals surface area contributed by atoms with Gasteiger partial charge >= 0.3 is 0 Å². The van der Waals surface area contributed by atoms with E-state index in [1.807, 2.05) is 36.0 Å². The van der Waals surface area contributed by atoms with Gasteiger partial charge in [-0.3, -0.25) is 4.98 Å². The second kappa shape index (κ2) is 11.5. The van der Waals surface area contributed by atoms with E-state index in [1.165, 1.54) is 0 Å². The number of halogens is 2. The van der Waals surface area contributed by atoms with Crippen molar-refractivity contribution in [2.24, 2.45) is 0 Å². The molecule has 216 valence electrons. The number of aromatic nitrogens is 4. The normalized spacial score (nSPS) is 22.9. The van der Waals surface area contributed by atoms with Crippen molar-refractivity contribution >= 4 is 53.5 Å². The van der Waals surface area contributed by atoms with Crippen LogP contribution in [0, 0.1) is 0 Å². The fourth-order valence-corrected chi connectivity index (χ4v) is 7.26. The largest absolute Gasteiger partial charge is 0.486 e. The standard InChI is InChI=1S/C30H31BCl2N6O3/c1-18(29-24(32)13-34-14-25(29)33)42-22-6-7-26-23(11-22)30(36-39(26)28-4-2-3-9-41-28)19-5-8-27(35-12-19)37-15-20-10-21(16-37)38(20)31-17-40/h5-8,11-14,17-18,20-21,28,31H,2-4,9-10,15-16H2,1H3/t18-,20?,21?,28?/m1/s1. The second-order valence-corrected chi connectivity index (χ2v) is 12.1. The molecular weight excluding hydrogens is 574 g/mol. The highest BCUT2D eigenvalue weighted by atomic mass is 35.5. The predicted octanol–water partition coefficient (Wildman–Crippen LogP) is 5.44. The lowest BCUT2D eigenvalue weighted by molar-refractivity contribution is -0.0365. The van der Waals surface area contributed by atoms with Crippen molar-refractivity contribution in [3.05, 3.63) is 64.5 Å². The molecule has 4 saturated heterocycles. The van der Waals surface area contributed by atoms with Gasteiger partial charge in [-0.1, -0.05) is 23.2 Å². The number of carbonyl (C=O) groups is 1. The minimum absolute atomic E-state index is 0.114. The molecule has 0 N–H and O–H groups in total. The summed E-state index contributed by atoms with van der Waals surface area (Å²) in [6.07, 6.45) is 9.79. The van der Waals surface area contributed by atoms with Crippen LogP contribution in [0.2, 0.25) is 10.0 Å². The Kier molecular flexibility index (Phi) is 7.56. The predicted molar refractivity (Wildman–Crippen MR) is 165 cm³/mol. The van der Waals surface area contributed by atoms with Crippen LogP contribution in [0.3, 0.4) is 0 Å². The summed E-state index contributed by atoms with van der Waals surface area (Å²) in [6, 6.07) is 11.0. The van der Waals surface area contributed by atoms with Gasteiger partial charge < -0.3 is 24.0 Å². The molecule has 7 heterocycles. The van der Waals surface area contributed by atoms with Crippen LogP contribution < -0.4 is 9.64 Å². The third kappa shape index (κ3) is 5.04. The fraction of sp³-hybridized carbons (Fsp3) is 0.400. The summed E-state index contributed by atoms with van der Waals surface area (Å²) < 4.78 is 14.5. The van der Waals surface area contributed by atoms with Crippen LogP contribution >= 0.6 is 23.2 Å². The van der Waals surface area contributed by atoms with Gasteiger partial charge in [0.1, 0.15) is 23.4 Å². The summed E-state index contributed by atoms with van der Waals surface area (Å²) in [5, 5.41) is 6.96.